The minimum absolute atomic E-state index is 0.0489. The Balaban J connectivity index is 1.21. The van der Waals surface area contributed by atoms with Gasteiger partial charge in [-0.1, -0.05) is 53.6 Å². The summed E-state index contributed by atoms with van der Waals surface area (Å²) in [6.45, 7) is 6.19. The number of carbonyl (C=O) groups excluding carboxylic acids is 2. The van der Waals surface area contributed by atoms with E-state index in [4.69, 9.17) is 16.3 Å². The molecule has 1 atom stereocenters. The summed E-state index contributed by atoms with van der Waals surface area (Å²) in [7, 11) is 0. The Labute approximate surface area is 243 Å². The Morgan fingerprint density at radius 3 is 2.54 bits per heavy atom. The summed E-state index contributed by atoms with van der Waals surface area (Å²) in [5.74, 6) is -0.00948. The molecule has 4 aromatic carbocycles. The first-order chi connectivity index (χ1) is 19.8. The van der Waals surface area contributed by atoms with Crippen LogP contribution in [-0.2, 0) is 4.79 Å². The Bertz CT molecular complexity index is 1610. The first-order valence-corrected chi connectivity index (χ1v) is 13.8. The van der Waals surface area contributed by atoms with E-state index in [-0.39, 0.29) is 34.9 Å². The number of aromatic hydroxyl groups is 1. The van der Waals surface area contributed by atoms with Crippen LogP contribution in [0.4, 0.5) is 5.69 Å². The standard InChI is InChI=1S/C32H31ClN4O4/c1-21-7-11-25(12-8-21)37-16-15-36(19-22(37)2)31(39)20-41-30-14-10-24(26-5-3-4-6-27(26)30)18-34-35-32(40)23-9-13-29(38)28(33)17-23/h3-14,17-18,22,38H,15-16,19-20H2,1-2H3,(H,35,40)/b34-18-. The maximum absolute atomic E-state index is 13.1. The third kappa shape index (κ3) is 6.44. The van der Waals surface area contributed by atoms with Crippen molar-refractivity contribution in [2.45, 2.75) is 19.9 Å². The molecule has 2 amide bonds. The van der Waals surface area contributed by atoms with Crippen molar-refractivity contribution in [1.29, 1.82) is 0 Å². The Morgan fingerprint density at radius 1 is 1.05 bits per heavy atom. The van der Waals surface area contributed by atoms with Crippen molar-refractivity contribution in [3.8, 4) is 11.5 Å². The van der Waals surface area contributed by atoms with Crippen molar-refractivity contribution in [1.82, 2.24) is 10.3 Å². The number of phenolic OH excluding ortho intramolecular Hbond substituents is 1. The van der Waals surface area contributed by atoms with Crippen molar-refractivity contribution in [3.05, 3.63) is 101 Å². The molecular formula is C32H31ClN4O4. The number of rotatable bonds is 7. The van der Waals surface area contributed by atoms with E-state index in [1.54, 1.807) is 12.3 Å². The molecule has 0 bridgehead atoms. The van der Waals surface area contributed by atoms with Gasteiger partial charge in [-0.25, -0.2) is 5.43 Å². The zero-order valence-electron chi connectivity index (χ0n) is 22.9. The van der Waals surface area contributed by atoms with Gasteiger partial charge in [0.25, 0.3) is 11.8 Å². The zero-order chi connectivity index (χ0) is 28.9. The lowest BCUT2D eigenvalue weighted by molar-refractivity contribution is -0.134. The van der Waals surface area contributed by atoms with Gasteiger partial charge in [0.15, 0.2) is 6.61 Å². The zero-order valence-corrected chi connectivity index (χ0v) is 23.6. The molecule has 0 aliphatic carbocycles. The van der Waals surface area contributed by atoms with Crippen LogP contribution in [0.15, 0.2) is 84.0 Å². The molecule has 5 rings (SSSR count). The molecule has 2 N–H and O–H groups in total. The molecule has 0 radical (unpaired) electrons. The lowest BCUT2D eigenvalue weighted by atomic mass is 10.0. The highest BCUT2D eigenvalue weighted by molar-refractivity contribution is 6.32. The molecular weight excluding hydrogens is 540 g/mol. The fourth-order valence-electron chi connectivity index (χ4n) is 4.94. The minimum Gasteiger partial charge on any atom is -0.506 e. The number of hydrogen-bond donors (Lipinski definition) is 2. The number of fused-ring (bicyclic) bond motifs is 1. The lowest BCUT2D eigenvalue weighted by Gasteiger charge is -2.41. The van der Waals surface area contributed by atoms with Gasteiger partial charge in [0, 0.05) is 47.9 Å². The summed E-state index contributed by atoms with van der Waals surface area (Å²) in [4.78, 5) is 29.7. The van der Waals surface area contributed by atoms with E-state index in [9.17, 15) is 14.7 Å². The van der Waals surface area contributed by atoms with Crippen LogP contribution in [0.5, 0.6) is 11.5 Å². The highest BCUT2D eigenvalue weighted by Gasteiger charge is 2.27. The molecule has 41 heavy (non-hydrogen) atoms. The summed E-state index contributed by atoms with van der Waals surface area (Å²) in [5, 5.41) is 15.4. The summed E-state index contributed by atoms with van der Waals surface area (Å²) in [6, 6.07) is 24.1. The topological polar surface area (TPSA) is 94.5 Å². The number of nitrogens with one attached hydrogen (secondary N) is 1. The van der Waals surface area contributed by atoms with Crippen LogP contribution < -0.4 is 15.1 Å². The maximum Gasteiger partial charge on any atom is 0.271 e. The molecule has 210 valence electrons. The maximum atomic E-state index is 13.1. The lowest BCUT2D eigenvalue weighted by Crippen LogP contribution is -2.54. The Hall–Kier alpha value is -4.56. The second-order valence-corrected chi connectivity index (χ2v) is 10.5. The van der Waals surface area contributed by atoms with Crippen LogP contribution in [0.2, 0.25) is 5.02 Å². The van der Waals surface area contributed by atoms with E-state index in [0.717, 1.165) is 22.9 Å². The number of phenols is 1. The molecule has 1 saturated heterocycles. The van der Waals surface area contributed by atoms with E-state index in [1.165, 1.54) is 29.4 Å². The van der Waals surface area contributed by atoms with Crippen LogP contribution in [0, 0.1) is 6.92 Å². The number of amides is 2. The highest BCUT2D eigenvalue weighted by Crippen LogP contribution is 2.28. The van der Waals surface area contributed by atoms with Gasteiger partial charge in [-0.15, -0.1) is 0 Å². The second-order valence-electron chi connectivity index (χ2n) is 10.1. The smallest absolute Gasteiger partial charge is 0.271 e. The number of hydrazone groups is 1. The third-order valence-corrected chi connectivity index (χ3v) is 7.50. The summed E-state index contributed by atoms with van der Waals surface area (Å²) >= 11 is 5.89. The van der Waals surface area contributed by atoms with Gasteiger partial charge in [0.05, 0.1) is 11.2 Å². The number of benzene rings is 4. The first kappa shape index (κ1) is 28.0. The Kier molecular flexibility index (Phi) is 8.40. The number of carbonyl (C=O) groups is 2. The first-order valence-electron chi connectivity index (χ1n) is 13.4. The van der Waals surface area contributed by atoms with Gasteiger partial charge < -0.3 is 19.6 Å². The van der Waals surface area contributed by atoms with E-state index >= 15 is 0 Å². The second kappa shape index (κ2) is 12.3. The number of anilines is 1. The van der Waals surface area contributed by atoms with E-state index < -0.39 is 5.91 Å². The molecule has 0 aromatic heterocycles. The van der Waals surface area contributed by atoms with Crippen LogP contribution in [0.3, 0.4) is 0 Å². The molecule has 0 spiro atoms. The quantitative estimate of drug-likeness (QED) is 0.230. The van der Waals surface area contributed by atoms with Gasteiger partial charge in [-0.05, 0) is 61.7 Å². The number of piperazine rings is 1. The molecule has 1 fully saturated rings. The van der Waals surface area contributed by atoms with Gasteiger partial charge in [0.1, 0.15) is 11.5 Å². The summed E-state index contributed by atoms with van der Waals surface area (Å²) in [6.07, 6.45) is 1.55. The van der Waals surface area contributed by atoms with Crippen molar-refractivity contribution in [3.63, 3.8) is 0 Å². The van der Waals surface area contributed by atoms with E-state index in [0.29, 0.717) is 18.8 Å². The van der Waals surface area contributed by atoms with Gasteiger partial charge in [-0.2, -0.15) is 5.10 Å². The number of nitrogens with zero attached hydrogens (tertiary/aromatic N) is 3. The number of halogens is 1. The normalized spacial score (nSPS) is 15.3. The predicted molar refractivity (Wildman–Crippen MR) is 162 cm³/mol. The number of ether oxygens (including phenoxy) is 1. The summed E-state index contributed by atoms with van der Waals surface area (Å²) in [5.41, 5.74) is 5.91. The molecule has 0 saturated carbocycles. The van der Waals surface area contributed by atoms with Crippen LogP contribution in [0.25, 0.3) is 10.8 Å². The molecule has 1 unspecified atom stereocenters. The number of aryl methyl sites for hydroxylation is 1. The molecule has 4 aromatic rings. The average Bonchev–Trinajstić information content (AvgIpc) is 2.98. The minimum atomic E-state index is -0.458. The predicted octanol–water partition coefficient (Wildman–Crippen LogP) is 5.39. The van der Waals surface area contributed by atoms with Crippen molar-refractivity contribution < 1.29 is 19.4 Å². The Morgan fingerprint density at radius 2 is 1.80 bits per heavy atom. The van der Waals surface area contributed by atoms with Crippen LogP contribution in [-0.4, -0.2) is 60.3 Å². The molecule has 1 aliphatic heterocycles. The largest absolute Gasteiger partial charge is 0.506 e. The molecule has 1 heterocycles. The SMILES string of the molecule is Cc1ccc(N2CCN(C(=O)COc3ccc(/C=N\NC(=O)c4ccc(O)c(Cl)c4)c4ccccc34)CC2C)cc1. The van der Waals surface area contributed by atoms with Crippen LogP contribution in [0.1, 0.15) is 28.4 Å². The van der Waals surface area contributed by atoms with Crippen molar-refractivity contribution >= 4 is 46.1 Å². The van der Waals surface area contributed by atoms with Gasteiger partial charge in [-0.3, -0.25) is 9.59 Å². The van der Waals surface area contributed by atoms with E-state index in [1.807, 2.05) is 35.2 Å². The van der Waals surface area contributed by atoms with E-state index in [2.05, 4.69) is 53.5 Å². The third-order valence-electron chi connectivity index (χ3n) is 7.19. The van der Waals surface area contributed by atoms with Gasteiger partial charge >= 0.3 is 0 Å². The fourth-order valence-corrected chi connectivity index (χ4v) is 5.12. The summed E-state index contributed by atoms with van der Waals surface area (Å²) < 4.78 is 6.02. The van der Waals surface area contributed by atoms with Gasteiger partial charge in [0.2, 0.25) is 0 Å². The van der Waals surface area contributed by atoms with Crippen molar-refractivity contribution in [2.24, 2.45) is 5.10 Å². The molecule has 9 heteroatoms. The van der Waals surface area contributed by atoms with Crippen LogP contribution >= 0.6 is 11.6 Å². The average molecular weight is 571 g/mol. The van der Waals surface area contributed by atoms with Crippen molar-refractivity contribution in [2.75, 3.05) is 31.1 Å². The highest BCUT2D eigenvalue weighted by atomic mass is 35.5. The monoisotopic (exact) mass is 570 g/mol. The molecule has 8 nitrogen and oxygen atoms in total. The molecule has 1 aliphatic rings. The number of hydrogen-bond acceptors (Lipinski definition) is 6. The fraction of sp³-hybridized carbons (Fsp3) is 0.219.